The van der Waals surface area contributed by atoms with Crippen molar-refractivity contribution in [3.8, 4) is 0 Å². The molecular formula is C13H15N3O3S. The molecule has 0 fully saturated rings. The Hall–Kier alpha value is -1.89. The highest BCUT2D eigenvalue weighted by Crippen LogP contribution is 2.32. The summed E-state index contributed by atoms with van der Waals surface area (Å²) in [5.41, 5.74) is 0.939. The van der Waals surface area contributed by atoms with Crippen molar-refractivity contribution in [1.29, 1.82) is 0 Å². The molecule has 1 N–H and O–H groups in total. The molecule has 1 aliphatic rings. The van der Waals surface area contributed by atoms with Gasteiger partial charge in [0.25, 0.3) is 5.56 Å². The first kappa shape index (κ1) is 13.1. The van der Waals surface area contributed by atoms with Crippen molar-refractivity contribution in [1.82, 2.24) is 14.9 Å². The summed E-state index contributed by atoms with van der Waals surface area (Å²) in [6.07, 6.45) is 0.371. The number of rotatable bonds is 1. The van der Waals surface area contributed by atoms with Crippen LogP contribution in [0.4, 0.5) is 4.79 Å². The summed E-state index contributed by atoms with van der Waals surface area (Å²) in [5.74, 6) is 0.614. The molecule has 0 aromatic carbocycles. The van der Waals surface area contributed by atoms with Crippen LogP contribution in [0.3, 0.4) is 0 Å². The molecule has 106 valence electrons. The number of aryl methyl sites for hydroxylation is 1. The average Bonchev–Trinajstić information content (AvgIpc) is 2.75. The van der Waals surface area contributed by atoms with Gasteiger partial charge in [0.1, 0.15) is 10.7 Å². The third-order valence-corrected chi connectivity index (χ3v) is 4.47. The normalized spacial score (nSPS) is 14.4. The summed E-state index contributed by atoms with van der Waals surface area (Å²) in [4.78, 5) is 34.4. The smallest absolute Gasteiger partial charge is 0.410 e. The van der Waals surface area contributed by atoms with Gasteiger partial charge in [-0.1, -0.05) is 0 Å². The molecule has 1 aliphatic heterocycles. The first-order valence-electron chi connectivity index (χ1n) is 6.53. The highest BCUT2D eigenvalue weighted by Gasteiger charge is 2.26. The molecule has 0 spiro atoms. The molecule has 0 unspecified atom stereocenters. The minimum atomic E-state index is -0.298. The van der Waals surface area contributed by atoms with Crippen LogP contribution in [0, 0.1) is 6.92 Å². The zero-order valence-electron chi connectivity index (χ0n) is 11.4. The van der Waals surface area contributed by atoms with Gasteiger partial charge < -0.3 is 14.6 Å². The number of fused-ring (bicyclic) bond motifs is 3. The highest BCUT2D eigenvalue weighted by molar-refractivity contribution is 7.18. The van der Waals surface area contributed by atoms with Gasteiger partial charge in [0.2, 0.25) is 0 Å². The Morgan fingerprint density at radius 1 is 1.55 bits per heavy atom. The summed E-state index contributed by atoms with van der Waals surface area (Å²) < 4.78 is 5.02. The molecule has 0 saturated heterocycles. The first-order valence-corrected chi connectivity index (χ1v) is 7.34. The van der Waals surface area contributed by atoms with E-state index in [4.69, 9.17) is 4.74 Å². The van der Waals surface area contributed by atoms with E-state index in [0.29, 0.717) is 37.3 Å². The van der Waals surface area contributed by atoms with E-state index in [1.54, 1.807) is 18.7 Å². The number of carbonyl (C=O) groups excluding carboxylic acids is 1. The maximum atomic E-state index is 12.1. The Balaban J connectivity index is 2.01. The van der Waals surface area contributed by atoms with E-state index in [2.05, 4.69) is 9.97 Å². The van der Waals surface area contributed by atoms with Crippen LogP contribution >= 0.6 is 11.3 Å². The van der Waals surface area contributed by atoms with Crippen LogP contribution in [0.1, 0.15) is 23.2 Å². The third-order valence-electron chi connectivity index (χ3n) is 3.36. The predicted molar refractivity (Wildman–Crippen MR) is 76.1 cm³/mol. The maximum absolute atomic E-state index is 12.1. The van der Waals surface area contributed by atoms with Crippen molar-refractivity contribution < 1.29 is 9.53 Å². The molecule has 3 heterocycles. The van der Waals surface area contributed by atoms with Gasteiger partial charge in [-0.15, -0.1) is 11.3 Å². The Bertz CT molecular complexity index is 734. The Morgan fingerprint density at radius 2 is 2.35 bits per heavy atom. The Labute approximate surface area is 119 Å². The summed E-state index contributed by atoms with van der Waals surface area (Å²) in [5, 5.41) is 0.680. The summed E-state index contributed by atoms with van der Waals surface area (Å²) in [6.45, 7) is 5.00. The fourth-order valence-corrected chi connectivity index (χ4v) is 3.76. The number of H-pyrrole nitrogens is 1. The van der Waals surface area contributed by atoms with E-state index in [0.717, 1.165) is 15.3 Å². The lowest BCUT2D eigenvalue weighted by molar-refractivity contribution is 0.103. The Morgan fingerprint density at radius 3 is 3.10 bits per heavy atom. The maximum Gasteiger partial charge on any atom is 0.410 e. The first-order chi connectivity index (χ1) is 9.60. The fourth-order valence-electron chi connectivity index (χ4n) is 2.48. The van der Waals surface area contributed by atoms with Gasteiger partial charge in [0.05, 0.1) is 18.5 Å². The largest absolute Gasteiger partial charge is 0.450 e. The number of carbonyl (C=O) groups is 1. The van der Waals surface area contributed by atoms with E-state index < -0.39 is 0 Å². The molecular weight excluding hydrogens is 278 g/mol. The molecule has 2 aromatic heterocycles. The molecule has 6 nitrogen and oxygen atoms in total. The van der Waals surface area contributed by atoms with Gasteiger partial charge in [-0.2, -0.15) is 0 Å². The monoisotopic (exact) mass is 293 g/mol. The van der Waals surface area contributed by atoms with Crippen LogP contribution < -0.4 is 5.56 Å². The van der Waals surface area contributed by atoms with Gasteiger partial charge in [-0.25, -0.2) is 9.78 Å². The number of thiophene rings is 1. The molecule has 0 saturated carbocycles. The quantitative estimate of drug-likeness (QED) is 0.870. The van der Waals surface area contributed by atoms with Crippen LogP contribution in [0.15, 0.2) is 4.79 Å². The minimum absolute atomic E-state index is 0.0883. The third kappa shape index (κ3) is 2.07. The van der Waals surface area contributed by atoms with Gasteiger partial charge in [-0.3, -0.25) is 4.79 Å². The minimum Gasteiger partial charge on any atom is -0.450 e. The SMILES string of the molecule is CCOC(=O)N1CCc2c(sc3nc(C)[nH]c(=O)c23)C1. The van der Waals surface area contributed by atoms with Crippen molar-refractivity contribution in [3.05, 3.63) is 26.6 Å². The van der Waals surface area contributed by atoms with Crippen molar-refractivity contribution in [2.24, 2.45) is 0 Å². The molecule has 0 aliphatic carbocycles. The van der Waals surface area contributed by atoms with E-state index >= 15 is 0 Å². The molecule has 20 heavy (non-hydrogen) atoms. The second-order valence-electron chi connectivity index (χ2n) is 4.71. The summed E-state index contributed by atoms with van der Waals surface area (Å²) in [6, 6.07) is 0. The van der Waals surface area contributed by atoms with Crippen molar-refractivity contribution in [2.45, 2.75) is 26.8 Å². The molecule has 7 heteroatoms. The zero-order chi connectivity index (χ0) is 14.3. The van der Waals surface area contributed by atoms with Crippen LogP contribution in [0.5, 0.6) is 0 Å². The number of nitrogens with zero attached hydrogens (tertiary/aromatic N) is 2. The molecule has 1 amide bonds. The second-order valence-corrected chi connectivity index (χ2v) is 5.79. The average molecular weight is 293 g/mol. The van der Waals surface area contributed by atoms with Crippen molar-refractivity contribution in [2.75, 3.05) is 13.2 Å². The standard InChI is InChI=1S/C13H15N3O3S/c1-3-19-13(18)16-5-4-8-9(6-16)20-12-10(8)11(17)14-7(2)15-12/h3-6H2,1-2H3,(H,14,15,17). The van der Waals surface area contributed by atoms with Gasteiger partial charge in [0, 0.05) is 11.4 Å². The molecule has 0 radical (unpaired) electrons. The van der Waals surface area contributed by atoms with E-state index in [9.17, 15) is 9.59 Å². The lowest BCUT2D eigenvalue weighted by Crippen LogP contribution is -2.35. The van der Waals surface area contributed by atoms with Crippen molar-refractivity contribution in [3.63, 3.8) is 0 Å². The van der Waals surface area contributed by atoms with E-state index in [1.807, 2.05) is 0 Å². The number of aromatic amines is 1. The number of hydrogen-bond donors (Lipinski definition) is 1. The van der Waals surface area contributed by atoms with Gasteiger partial charge >= 0.3 is 6.09 Å². The number of ether oxygens (including phenoxy) is 1. The number of nitrogens with one attached hydrogen (secondary N) is 1. The zero-order valence-corrected chi connectivity index (χ0v) is 12.2. The van der Waals surface area contributed by atoms with E-state index in [1.165, 1.54) is 11.3 Å². The highest BCUT2D eigenvalue weighted by atomic mass is 32.1. The summed E-state index contributed by atoms with van der Waals surface area (Å²) >= 11 is 1.49. The fraction of sp³-hybridized carbons (Fsp3) is 0.462. The molecule has 3 rings (SSSR count). The van der Waals surface area contributed by atoms with Crippen LogP contribution in [-0.4, -0.2) is 34.1 Å². The number of hydrogen-bond acceptors (Lipinski definition) is 5. The number of amides is 1. The van der Waals surface area contributed by atoms with Crippen molar-refractivity contribution >= 4 is 27.6 Å². The van der Waals surface area contributed by atoms with E-state index in [-0.39, 0.29) is 11.7 Å². The Kier molecular flexibility index (Phi) is 3.21. The van der Waals surface area contributed by atoms with Crippen LogP contribution in [-0.2, 0) is 17.7 Å². The summed E-state index contributed by atoms with van der Waals surface area (Å²) in [7, 11) is 0. The second kappa shape index (κ2) is 4.90. The van der Waals surface area contributed by atoms with Crippen LogP contribution in [0.25, 0.3) is 10.2 Å². The lowest BCUT2D eigenvalue weighted by atomic mass is 10.1. The molecule has 2 aromatic rings. The molecule has 0 atom stereocenters. The lowest BCUT2D eigenvalue weighted by Gasteiger charge is -2.25. The molecule has 0 bridgehead atoms. The topological polar surface area (TPSA) is 75.3 Å². The van der Waals surface area contributed by atoms with Gasteiger partial charge in [0.15, 0.2) is 0 Å². The predicted octanol–water partition coefficient (Wildman–Crippen LogP) is 1.81. The number of aromatic nitrogens is 2. The van der Waals surface area contributed by atoms with Gasteiger partial charge in [-0.05, 0) is 25.8 Å². The van der Waals surface area contributed by atoms with Crippen LogP contribution in [0.2, 0.25) is 0 Å².